The number of carbonyl (C=O) groups is 1. The van der Waals surface area contributed by atoms with Crippen molar-refractivity contribution in [2.24, 2.45) is 0 Å². The van der Waals surface area contributed by atoms with Crippen molar-refractivity contribution >= 4 is 5.97 Å². The Morgan fingerprint density at radius 3 is 2.41 bits per heavy atom. The third-order valence-corrected chi connectivity index (χ3v) is 6.24. The molecule has 37 heavy (non-hydrogen) atoms. The molecule has 3 aromatic carbocycles. The van der Waals surface area contributed by atoms with Gasteiger partial charge in [0.25, 0.3) is 0 Å². The van der Waals surface area contributed by atoms with E-state index >= 15 is 0 Å². The minimum absolute atomic E-state index is 0.0780. The quantitative estimate of drug-likeness (QED) is 0.332. The molecule has 1 aliphatic heterocycles. The molecule has 1 aromatic heterocycles. The lowest BCUT2D eigenvalue weighted by atomic mass is 10.0. The lowest BCUT2D eigenvalue weighted by Crippen LogP contribution is -2.38. The second-order valence-electron chi connectivity index (χ2n) is 8.68. The van der Waals surface area contributed by atoms with Crippen molar-refractivity contribution in [3.63, 3.8) is 0 Å². The van der Waals surface area contributed by atoms with Crippen LogP contribution in [0, 0.1) is 0 Å². The normalized spacial score (nSPS) is 13.8. The summed E-state index contributed by atoms with van der Waals surface area (Å²) in [7, 11) is 0. The Morgan fingerprint density at radius 1 is 0.919 bits per heavy atom. The fraction of sp³-hybridized carbons (Fsp3) is 0.241. The largest absolute Gasteiger partial charge is 0.545 e. The van der Waals surface area contributed by atoms with Gasteiger partial charge in [0, 0.05) is 25.2 Å². The van der Waals surface area contributed by atoms with Gasteiger partial charge in [0.15, 0.2) is 0 Å². The van der Waals surface area contributed by atoms with Gasteiger partial charge in [-0.05, 0) is 29.3 Å². The molecule has 0 saturated carbocycles. The van der Waals surface area contributed by atoms with Crippen LogP contribution in [-0.4, -0.2) is 60.1 Å². The number of aromatic carboxylic acids is 1. The van der Waals surface area contributed by atoms with Crippen LogP contribution in [0.4, 0.5) is 0 Å². The molecule has 1 aliphatic rings. The molecule has 5 rings (SSSR count). The number of morpholine rings is 1. The standard InChI is InChI=1S/C29H29N3O5/c33-29(34)26-20-30-32(28(26)36-19-16-31-14-17-35-18-15-31)24-12-10-23(11-13-24)25-8-4-5-9-27(25)37-21-22-6-2-1-3-7-22/h1-13,20H,14-19,21H2,(H,33,34)/p-1. The highest BCUT2D eigenvalue weighted by Crippen LogP contribution is 2.32. The fourth-order valence-electron chi connectivity index (χ4n) is 4.24. The third kappa shape index (κ3) is 5.99. The number of hydrogen-bond acceptors (Lipinski definition) is 7. The Morgan fingerprint density at radius 2 is 1.65 bits per heavy atom. The molecule has 0 N–H and O–H groups in total. The molecule has 0 aliphatic carbocycles. The summed E-state index contributed by atoms with van der Waals surface area (Å²) in [5, 5.41) is 16.0. The highest BCUT2D eigenvalue weighted by Gasteiger charge is 2.17. The van der Waals surface area contributed by atoms with E-state index in [0.29, 0.717) is 38.7 Å². The molecular formula is C29H28N3O5-. The van der Waals surface area contributed by atoms with Crippen molar-refractivity contribution in [1.82, 2.24) is 14.7 Å². The maximum absolute atomic E-state index is 11.7. The number of para-hydroxylation sites is 1. The Balaban J connectivity index is 1.33. The van der Waals surface area contributed by atoms with Gasteiger partial charge in [0.2, 0.25) is 5.88 Å². The Bertz CT molecular complexity index is 1320. The van der Waals surface area contributed by atoms with E-state index in [2.05, 4.69) is 10.00 Å². The molecule has 0 radical (unpaired) electrons. The van der Waals surface area contributed by atoms with Crippen LogP contribution in [0.5, 0.6) is 11.6 Å². The van der Waals surface area contributed by atoms with Gasteiger partial charge < -0.3 is 24.1 Å². The third-order valence-electron chi connectivity index (χ3n) is 6.24. The summed E-state index contributed by atoms with van der Waals surface area (Å²) < 4.78 is 18.9. The predicted octanol–water partition coefficient (Wildman–Crippen LogP) is 3.19. The monoisotopic (exact) mass is 498 g/mol. The maximum atomic E-state index is 11.7. The van der Waals surface area contributed by atoms with E-state index < -0.39 is 5.97 Å². The number of benzene rings is 3. The van der Waals surface area contributed by atoms with Crippen molar-refractivity contribution in [3.8, 4) is 28.4 Å². The van der Waals surface area contributed by atoms with Crippen molar-refractivity contribution in [1.29, 1.82) is 0 Å². The van der Waals surface area contributed by atoms with Gasteiger partial charge in [-0.1, -0.05) is 60.7 Å². The average molecular weight is 499 g/mol. The van der Waals surface area contributed by atoms with E-state index in [1.807, 2.05) is 78.9 Å². The van der Waals surface area contributed by atoms with E-state index in [1.165, 1.54) is 10.9 Å². The SMILES string of the molecule is O=C([O-])c1cnn(-c2ccc(-c3ccccc3OCc3ccccc3)cc2)c1OCCN1CCOCC1. The molecule has 2 heterocycles. The van der Waals surface area contributed by atoms with E-state index in [0.717, 1.165) is 35.5 Å². The smallest absolute Gasteiger partial charge is 0.226 e. The van der Waals surface area contributed by atoms with Crippen molar-refractivity contribution < 1.29 is 24.1 Å². The molecular weight excluding hydrogens is 470 g/mol. The summed E-state index contributed by atoms with van der Waals surface area (Å²) in [5.41, 5.74) is 3.62. The van der Waals surface area contributed by atoms with Gasteiger partial charge >= 0.3 is 0 Å². The molecule has 1 fully saturated rings. The van der Waals surface area contributed by atoms with E-state index in [9.17, 15) is 9.90 Å². The number of carboxylic acids is 1. The number of carboxylic acid groups (broad SMARTS) is 1. The molecule has 190 valence electrons. The molecule has 0 amide bonds. The minimum Gasteiger partial charge on any atom is -0.545 e. The lowest BCUT2D eigenvalue weighted by molar-refractivity contribution is -0.255. The number of aromatic nitrogens is 2. The maximum Gasteiger partial charge on any atom is 0.226 e. The van der Waals surface area contributed by atoms with Crippen LogP contribution in [0.3, 0.4) is 0 Å². The van der Waals surface area contributed by atoms with Gasteiger partial charge in [0.05, 0.1) is 36.6 Å². The van der Waals surface area contributed by atoms with Gasteiger partial charge in [-0.3, -0.25) is 4.90 Å². The van der Waals surface area contributed by atoms with Crippen LogP contribution in [0.2, 0.25) is 0 Å². The van der Waals surface area contributed by atoms with Crippen LogP contribution < -0.4 is 14.6 Å². The first-order valence-corrected chi connectivity index (χ1v) is 12.3. The van der Waals surface area contributed by atoms with Crippen molar-refractivity contribution in [2.75, 3.05) is 39.5 Å². The second-order valence-corrected chi connectivity index (χ2v) is 8.68. The zero-order chi connectivity index (χ0) is 25.5. The lowest BCUT2D eigenvalue weighted by Gasteiger charge is -2.26. The zero-order valence-corrected chi connectivity index (χ0v) is 20.4. The highest BCUT2D eigenvalue weighted by molar-refractivity contribution is 5.88. The average Bonchev–Trinajstić information content (AvgIpc) is 3.37. The van der Waals surface area contributed by atoms with Gasteiger partial charge in [-0.2, -0.15) is 5.10 Å². The first kappa shape index (κ1) is 24.5. The van der Waals surface area contributed by atoms with E-state index in [4.69, 9.17) is 14.2 Å². The summed E-state index contributed by atoms with van der Waals surface area (Å²) >= 11 is 0. The number of ether oxygens (including phenoxy) is 3. The van der Waals surface area contributed by atoms with Crippen molar-refractivity contribution in [3.05, 3.63) is 96.2 Å². The fourth-order valence-corrected chi connectivity index (χ4v) is 4.24. The topological polar surface area (TPSA) is 88.9 Å². The van der Waals surface area contributed by atoms with Gasteiger partial charge in [-0.25, -0.2) is 4.68 Å². The predicted molar refractivity (Wildman–Crippen MR) is 137 cm³/mol. The number of rotatable bonds is 10. The number of hydrogen-bond donors (Lipinski definition) is 0. The van der Waals surface area contributed by atoms with Crippen LogP contribution in [0.25, 0.3) is 16.8 Å². The Kier molecular flexibility index (Phi) is 7.78. The first-order chi connectivity index (χ1) is 18.2. The molecule has 0 unspecified atom stereocenters. The molecule has 1 saturated heterocycles. The van der Waals surface area contributed by atoms with Crippen molar-refractivity contribution in [2.45, 2.75) is 6.61 Å². The van der Waals surface area contributed by atoms with E-state index in [-0.39, 0.29) is 11.4 Å². The molecule has 0 spiro atoms. The van der Waals surface area contributed by atoms with Crippen LogP contribution >= 0.6 is 0 Å². The minimum atomic E-state index is -1.33. The molecule has 8 nitrogen and oxygen atoms in total. The molecule has 8 heteroatoms. The zero-order valence-electron chi connectivity index (χ0n) is 20.4. The summed E-state index contributed by atoms with van der Waals surface area (Å²) in [6.45, 7) is 4.50. The van der Waals surface area contributed by atoms with Crippen LogP contribution in [0.15, 0.2) is 85.1 Å². The molecule has 0 atom stereocenters. The van der Waals surface area contributed by atoms with Crippen LogP contribution in [-0.2, 0) is 11.3 Å². The Hall–Kier alpha value is -4.14. The number of carbonyl (C=O) groups excluding carboxylic acids is 1. The summed E-state index contributed by atoms with van der Waals surface area (Å²) in [6.07, 6.45) is 1.26. The van der Waals surface area contributed by atoms with Gasteiger partial charge in [-0.15, -0.1) is 0 Å². The summed E-state index contributed by atoms with van der Waals surface area (Å²) in [6, 6.07) is 25.6. The van der Waals surface area contributed by atoms with Gasteiger partial charge in [0.1, 0.15) is 19.0 Å². The summed E-state index contributed by atoms with van der Waals surface area (Å²) in [5.74, 6) is -0.383. The summed E-state index contributed by atoms with van der Waals surface area (Å²) in [4.78, 5) is 13.9. The molecule has 4 aromatic rings. The highest BCUT2D eigenvalue weighted by atomic mass is 16.5. The number of nitrogens with zero attached hydrogens (tertiary/aromatic N) is 3. The van der Waals surface area contributed by atoms with Crippen LogP contribution in [0.1, 0.15) is 15.9 Å². The Labute approximate surface area is 215 Å². The van der Waals surface area contributed by atoms with E-state index in [1.54, 1.807) is 0 Å². The first-order valence-electron chi connectivity index (χ1n) is 12.3. The second kappa shape index (κ2) is 11.7. The molecule has 0 bridgehead atoms.